The van der Waals surface area contributed by atoms with E-state index in [0.29, 0.717) is 25.5 Å². The molecule has 0 saturated carbocycles. The quantitative estimate of drug-likeness (QED) is 0.873. The third-order valence-electron chi connectivity index (χ3n) is 3.02. The third-order valence-corrected chi connectivity index (χ3v) is 3.02. The number of carbonyl (C=O) groups is 1. The molecule has 110 valence electrons. The Kier molecular flexibility index (Phi) is 4.20. The van der Waals surface area contributed by atoms with Gasteiger partial charge >= 0.3 is 5.97 Å². The highest BCUT2D eigenvalue weighted by Gasteiger charge is 2.34. The number of rotatable bonds is 4. The maximum absolute atomic E-state index is 10.8. The molecule has 1 N–H and O–H groups in total. The fourth-order valence-corrected chi connectivity index (χ4v) is 2.34. The molecule has 1 fully saturated rings. The second-order valence-corrected chi connectivity index (χ2v) is 5.40. The van der Waals surface area contributed by atoms with Crippen molar-refractivity contribution in [1.29, 1.82) is 0 Å². The Hall–Kier alpha value is -1.73. The minimum atomic E-state index is -1.08. The van der Waals surface area contributed by atoms with Gasteiger partial charge in [-0.05, 0) is 13.8 Å². The minimum absolute atomic E-state index is 0.0512. The molecule has 7 heteroatoms. The van der Waals surface area contributed by atoms with E-state index in [1.807, 2.05) is 18.7 Å². The first kappa shape index (κ1) is 14.7. The van der Waals surface area contributed by atoms with Crippen LogP contribution in [0.2, 0.25) is 0 Å². The maximum Gasteiger partial charge on any atom is 0.356 e. The van der Waals surface area contributed by atoms with Gasteiger partial charge in [0.25, 0.3) is 0 Å². The van der Waals surface area contributed by atoms with Crippen LogP contribution in [0, 0.1) is 0 Å². The van der Waals surface area contributed by atoms with E-state index in [0.717, 1.165) is 0 Å². The second-order valence-electron chi connectivity index (χ2n) is 5.40. The van der Waals surface area contributed by atoms with Crippen LogP contribution >= 0.6 is 0 Å². The molecule has 0 radical (unpaired) electrons. The SMILES string of the molecule is COCC1CN(c2cnc(C(=O)O)cn2)CC(C)(C)O1. The van der Waals surface area contributed by atoms with Crippen molar-refractivity contribution >= 4 is 11.8 Å². The molecular weight excluding hydrogens is 262 g/mol. The summed E-state index contributed by atoms with van der Waals surface area (Å²) in [5.41, 5.74) is -0.385. The second kappa shape index (κ2) is 5.72. The summed E-state index contributed by atoms with van der Waals surface area (Å²) < 4.78 is 11.1. The van der Waals surface area contributed by atoms with Crippen LogP contribution in [0.1, 0.15) is 24.3 Å². The van der Waals surface area contributed by atoms with Gasteiger partial charge in [0.2, 0.25) is 0 Å². The van der Waals surface area contributed by atoms with Gasteiger partial charge in [0.05, 0.1) is 30.7 Å². The predicted octanol–water partition coefficient (Wildman–Crippen LogP) is 0.805. The van der Waals surface area contributed by atoms with Crippen molar-refractivity contribution in [1.82, 2.24) is 9.97 Å². The van der Waals surface area contributed by atoms with E-state index in [4.69, 9.17) is 14.6 Å². The first-order valence-corrected chi connectivity index (χ1v) is 6.38. The molecule has 7 nitrogen and oxygen atoms in total. The molecular formula is C13H19N3O4. The number of anilines is 1. The van der Waals surface area contributed by atoms with E-state index in [-0.39, 0.29) is 17.4 Å². The van der Waals surface area contributed by atoms with Crippen LogP contribution in [0.15, 0.2) is 12.4 Å². The zero-order valence-electron chi connectivity index (χ0n) is 11.9. The van der Waals surface area contributed by atoms with Crippen LogP contribution < -0.4 is 4.90 Å². The predicted molar refractivity (Wildman–Crippen MR) is 72.0 cm³/mol. The van der Waals surface area contributed by atoms with Crippen LogP contribution in [0.4, 0.5) is 5.82 Å². The Labute approximate surface area is 117 Å². The summed E-state index contributed by atoms with van der Waals surface area (Å²) in [6.07, 6.45) is 2.70. The van der Waals surface area contributed by atoms with Crippen molar-refractivity contribution in [3.63, 3.8) is 0 Å². The fourth-order valence-electron chi connectivity index (χ4n) is 2.34. The molecule has 0 aromatic carbocycles. The number of ether oxygens (including phenoxy) is 2. The van der Waals surface area contributed by atoms with Crippen molar-refractivity contribution in [3.8, 4) is 0 Å². The average Bonchev–Trinajstić information content (AvgIpc) is 2.37. The Balaban J connectivity index is 2.15. The topological polar surface area (TPSA) is 84.8 Å². The van der Waals surface area contributed by atoms with Crippen LogP contribution in [0.25, 0.3) is 0 Å². The van der Waals surface area contributed by atoms with Gasteiger partial charge in [0.15, 0.2) is 5.69 Å². The van der Waals surface area contributed by atoms with Gasteiger partial charge < -0.3 is 19.5 Å². The normalized spacial score (nSPS) is 21.8. The largest absolute Gasteiger partial charge is 0.476 e. The number of hydrogen-bond acceptors (Lipinski definition) is 6. The van der Waals surface area contributed by atoms with Crippen molar-refractivity contribution in [3.05, 3.63) is 18.1 Å². The summed E-state index contributed by atoms with van der Waals surface area (Å²) in [4.78, 5) is 20.9. The Morgan fingerprint density at radius 2 is 2.30 bits per heavy atom. The number of methoxy groups -OCH3 is 1. The van der Waals surface area contributed by atoms with Crippen molar-refractivity contribution in [2.45, 2.75) is 25.6 Å². The molecule has 2 rings (SSSR count). The molecule has 2 heterocycles. The van der Waals surface area contributed by atoms with Gasteiger partial charge in [-0.3, -0.25) is 0 Å². The number of carboxylic acid groups (broad SMARTS) is 1. The molecule has 1 aromatic rings. The lowest BCUT2D eigenvalue weighted by Gasteiger charge is -2.43. The van der Waals surface area contributed by atoms with Gasteiger partial charge in [-0.1, -0.05) is 0 Å². The van der Waals surface area contributed by atoms with E-state index in [2.05, 4.69) is 9.97 Å². The van der Waals surface area contributed by atoms with Gasteiger partial charge in [0.1, 0.15) is 5.82 Å². The fraction of sp³-hybridized carbons (Fsp3) is 0.615. The van der Waals surface area contributed by atoms with E-state index >= 15 is 0 Å². The molecule has 0 spiro atoms. The lowest BCUT2D eigenvalue weighted by molar-refractivity contribution is -0.106. The van der Waals surface area contributed by atoms with Crippen molar-refractivity contribution in [2.75, 3.05) is 31.7 Å². The number of hydrogen-bond donors (Lipinski definition) is 1. The number of aromatic carboxylic acids is 1. The molecule has 0 amide bonds. The van der Waals surface area contributed by atoms with E-state index in [1.54, 1.807) is 7.11 Å². The standard InChI is InChI=1S/C13H19N3O4/c1-13(2)8-16(6-9(20-13)7-19-3)11-5-14-10(4-15-11)12(17)18/h4-5,9H,6-8H2,1-3H3,(H,17,18). The number of carboxylic acids is 1. The molecule has 1 aliphatic rings. The lowest BCUT2D eigenvalue weighted by Crippen LogP contribution is -2.54. The average molecular weight is 281 g/mol. The lowest BCUT2D eigenvalue weighted by atomic mass is 10.1. The van der Waals surface area contributed by atoms with Gasteiger partial charge in [-0.25, -0.2) is 14.8 Å². The summed E-state index contributed by atoms with van der Waals surface area (Å²) in [5, 5.41) is 8.83. The van der Waals surface area contributed by atoms with Gasteiger partial charge in [-0.2, -0.15) is 0 Å². The smallest absolute Gasteiger partial charge is 0.356 e. The summed E-state index contributed by atoms with van der Waals surface area (Å²) >= 11 is 0. The van der Waals surface area contributed by atoms with E-state index in [9.17, 15) is 4.79 Å². The van der Waals surface area contributed by atoms with Gasteiger partial charge in [0, 0.05) is 20.2 Å². The Morgan fingerprint density at radius 3 is 2.85 bits per heavy atom. The molecule has 1 aromatic heterocycles. The first-order valence-electron chi connectivity index (χ1n) is 6.38. The van der Waals surface area contributed by atoms with Crippen molar-refractivity contribution in [2.24, 2.45) is 0 Å². The highest BCUT2D eigenvalue weighted by molar-refractivity contribution is 5.84. The minimum Gasteiger partial charge on any atom is -0.476 e. The summed E-state index contributed by atoms with van der Waals surface area (Å²) in [5.74, 6) is -0.434. The van der Waals surface area contributed by atoms with E-state index < -0.39 is 5.97 Å². The number of nitrogens with zero attached hydrogens (tertiary/aromatic N) is 3. The summed E-state index contributed by atoms with van der Waals surface area (Å²) in [6.45, 7) is 5.80. The number of aromatic nitrogens is 2. The zero-order valence-corrected chi connectivity index (χ0v) is 11.9. The number of morpholine rings is 1. The molecule has 1 atom stereocenters. The summed E-state index contributed by atoms with van der Waals surface area (Å²) in [7, 11) is 1.64. The Bertz CT molecular complexity index is 475. The van der Waals surface area contributed by atoms with Crippen LogP contribution in [0.5, 0.6) is 0 Å². The maximum atomic E-state index is 10.8. The molecule has 1 unspecified atom stereocenters. The molecule has 1 saturated heterocycles. The monoisotopic (exact) mass is 281 g/mol. The zero-order chi connectivity index (χ0) is 14.8. The molecule has 0 aliphatic carbocycles. The van der Waals surface area contributed by atoms with Gasteiger partial charge in [-0.15, -0.1) is 0 Å². The summed E-state index contributed by atoms with van der Waals surface area (Å²) in [6, 6.07) is 0. The van der Waals surface area contributed by atoms with Crippen LogP contribution in [0.3, 0.4) is 0 Å². The van der Waals surface area contributed by atoms with Crippen LogP contribution in [-0.2, 0) is 9.47 Å². The highest BCUT2D eigenvalue weighted by Crippen LogP contribution is 2.24. The molecule has 1 aliphatic heterocycles. The third kappa shape index (κ3) is 3.43. The highest BCUT2D eigenvalue weighted by atomic mass is 16.5. The van der Waals surface area contributed by atoms with E-state index in [1.165, 1.54) is 12.4 Å². The molecule has 0 bridgehead atoms. The molecule has 20 heavy (non-hydrogen) atoms. The first-order chi connectivity index (χ1) is 9.41. The van der Waals surface area contributed by atoms with Crippen LogP contribution in [-0.4, -0.2) is 59.6 Å². The Morgan fingerprint density at radius 1 is 1.55 bits per heavy atom. The van der Waals surface area contributed by atoms with Crippen molar-refractivity contribution < 1.29 is 19.4 Å².